The number of fused-ring (bicyclic) bond motifs is 1. The third-order valence-electron chi connectivity index (χ3n) is 2.50. The summed E-state index contributed by atoms with van der Waals surface area (Å²) in [5.41, 5.74) is 2.70. The van der Waals surface area contributed by atoms with Crippen LogP contribution in [0.3, 0.4) is 0 Å². The van der Waals surface area contributed by atoms with E-state index in [0.717, 1.165) is 18.8 Å². The van der Waals surface area contributed by atoms with Gasteiger partial charge in [-0.15, -0.1) is 0 Å². The summed E-state index contributed by atoms with van der Waals surface area (Å²) in [5.74, 6) is 1.74. The van der Waals surface area contributed by atoms with Crippen LogP contribution in [0.25, 0.3) is 0 Å². The van der Waals surface area contributed by atoms with Crippen LogP contribution < -0.4 is 4.74 Å². The molecule has 1 aliphatic heterocycles. The Morgan fingerprint density at radius 1 is 1.42 bits per heavy atom. The van der Waals surface area contributed by atoms with Crippen LogP contribution in [0.2, 0.25) is 0 Å². The van der Waals surface area contributed by atoms with Gasteiger partial charge in [0.05, 0.1) is 6.61 Å². The maximum Gasteiger partial charge on any atom is 0.122 e. The Balaban J connectivity index is 2.47. The molecule has 0 saturated carbocycles. The lowest BCUT2D eigenvalue weighted by Gasteiger charge is -2.23. The smallest absolute Gasteiger partial charge is 0.122 e. The van der Waals surface area contributed by atoms with Crippen molar-refractivity contribution >= 4 is 0 Å². The fourth-order valence-corrected chi connectivity index (χ4v) is 1.69. The Labute approximate surface area is 73.4 Å². The van der Waals surface area contributed by atoms with Gasteiger partial charge in [0.1, 0.15) is 5.75 Å². The minimum atomic E-state index is 0.661. The Bertz CT molecular complexity index is 291. The fourth-order valence-electron chi connectivity index (χ4n) is 1.69. The van der Waals surface area contributed by atoms with Crippen molar-refractivity contribution in [3.05, 3.63) is 29.3 Å². The zero-order valence-corrected chi connectivity index (χ0v) is 7.63. The molecule has 0 aliphatic carbocycles. The molecule has 0 spiro atoms. The second-order valence-electron chi connectivity index (χ2n) is 3.58. The highest BCUT2D eigenvalue weighted by atomic mass is 16.5. The standard InChI is InChI=1S/C11H14O/c1-8-3-4-11-10(7-8)9(2)5-6-12-11/h3-4,7,9H,5-6H2,1-2H3/t9-/m1/s1. The molecule has 1 aromatic rings. The summed E-state index contributed by atoms with van der Waals surface area (Å²) in [7, 11) is 0. The van der Waals surface area contributed by atoms with Crippen molar-refractivity contribution in [1.29, 1.82) is 0 Å². The lowest BCUT2D eigenvalue weighted by Crippen LogP contribution is -2.11. The van der Waals surface area contributed by atoms with Crippen molar-refractivity contribution in [1.82, 2.24) is 0 Å². The molecular weight excluding hydrogens is 148 g/mol. The van der Waals surface area contributed by atoms with Crippen LogP contribution in [0.1, 0.15) is 30.4 Å². The molecule has 0 saturated heterocycles. The van der Waals surface area contributed by atoms with E-state index in [9.17, 15) is 0 Å². The normalized spacial score (nSPS) is 21.3. The van der Waals surface area contributed by atoms with Gasteiger partial charge in [-0.1, -0.05) is 24.6 Å². The molecule has 2 rings (SSSR count). The lowest BCUT2D eigenvalue weighted by atomic mass is 9.94. The second-order valence-corrected chi connectivity index (χ2v) is 3.58. The predicted octanol–water partition coefficient (Wildman–Crippen LogP) is 2.88. The second kappa shape index (κ2) is 2.81. The molecule has 1 heterocycles. The summed E-state index contributed by atoms with van der Waals surface area (Å²) >= 11 is 0. The number of hydrogen-bond donors (Lipinski definition) is 0. The molecule has 12 heavy (non-hydrogen) atoms. The maximum atomic E-state index is 5.55. The van der Waals surface area contributed by atoms with Gasteiger partial charge in [-0.05, 0) is 30.9 Å². The van der Waals surface area contributed by atoms with E-state index in [2.05, 4.69) is 32.0 Å². The molecule has 0 fully saturated rings. The van der Waals surface area contributed by atoms with Crippen LogP contribution >= 0.6 is 0 Å². The highest BCUT2D eigenvalue weighted by Gasteiger charge is 2.16. The average Bonchev–Trinajstić information content (AvgIpc) is 2.07. The summed E-state index contributed by atoms with van der Waals surface area (Å²) < 4.78 is 5.55. The van der Waals surface area contributed by atoms with Crippen LogP contribution in [-0.4, -0.2) is 6.61 Å². The average molecular weight is 162 g/mol. The van der Waals surface area contributed by atoms with Crippen molar-refractivity contribution in [2.45, 2.75) is 26.2 Å². The molecule has 0 amide bonds. The fraction of sp³-hybridized carbons (Fsp3) is 0.455. The van der Waals surface area contributed by atoms with Gasteiger partial charge in [-0.3, -0.25) is 0 Å². The number of ether oxygens (including phenoxy) is 1. The highest BCUT2D eigenvalue weighted by molar-refractivity contribution is 5.40. The van der Waals surface area contributed by atoms with Crippen LogP contribution in [0.15, 0.2) is 18.2 Å². The summed E-state index contributed by atoms with van der Waals surface area (Å²) in [6.45, 7) is 5.26. The molecule has 0 aromatic heterocycles. The minimum absolute atomic E-state index is 0.661. The van der Waals surface area contributed by atoms with Crippen LogP contribution in [0.4, 0.5) is 0 Å². The topological polar surface area (TPSA) is 9.23 Å². The third-order valence-corrected chi connectivity index (χ3v) is 2.50. The first-order valence-corrected chi connectivity index (χ1v) is 4.51. The van der Waals surface area contributed by atoms with Gasteiger partial charge in [-0.25, -0.2) is 0 Å². The Hall–Kier alpha value is -0.980. The van der Waals surface area contributed by atoms with Crippen molar-refractivity contribution in [2.75, 3.05) is 6.61 Å². The molecule has 0 radical (unpaired) electrons. The van der Waals surface area contributed by atoms with Crippen LogP contribution in [-0.2, 0) is 0 Å². The number of hydrogen-bond acceptors (Lipinski definition) is 1. The van der Waals surface area contributed by atoms with Crippen LogP contribution in [0, 0.1) is 6.92 Å². The molecule has 1 heteroatoms. The van der Waals surface area contributed by atoms with Gasteiger partial charge in [0.15, 0.2) is 0 Å². The van der Waals surface area contributed by atoms with Gasteiger partial charge in [-0.2, -0.15) is 0 Å². The number of rotatable bonds is 0. The molecule has 1 nitrogen and oxygen atoms in total. The first kappa shape index (κ1) is 7.66. The van der Waals surface area contributed by atoms with E-state index in [1.807, 2.05) is 0 Å². The first-order chi connectivity index (χ1) is 5.77. The molecule has 1 aromatic carbocycles. The summed E-state index contributed by atoms with van der Waals surface area (Å²) in [4.78, 5) is 0. The van der Waals surface area contributed by atoms with E-state index in [1.165, 1.54) is 11.1 Å². The van der Waals surface area contributed by atoms with Crippen LogP contribution in [0.5, 0.6) is 5.75 Å². The monoisotopic (exact) mass is 162 g/mol. The molecule has 1 aliphatic rings. The Morgan fingerprint density at radius 3 is 3.08 bits per heavy atom. The SMILES string of the molecule is Cc1ccc2c(c1)[C@H](C)CCO2. The Kier molecular flexibility index (Phi) is 1.80. The van der Waals surface area contributed by atoms with E-state index in [0.29, 0.717) is 5.92 Å². The van der Waals surface area contributed by atoms with Gasteiger partial charge in [0, 0.05) is 0 Å². The van der Waals surface area contributed by atoms with Gasteiger partial charge in [0.25, 0.3) is 0 Å². The third kappa shape index (κ3) is 1.20. The van der Waals surface area contributed by atoms with E-state index in [-0.39, 0.29) is 0 Å². The van der Waals surface area contributed by atoms with Crippen molar-refractivity contribution in [3.63, 3.8) is 0 Å². The lowest BCUT2D eigenvalue weighted by molar-refractivity contribution is 0.272. The summed E-state index contributed by atoms with van der Waals surface area (Å²) in [6.07, 6.45) is 1.15. The molecule has 0 bridgehead atoms. The quantitative estimate of drug-likeness (QED) is 0.570. The molecular formula is C11H14O. The van der Waals surface area contributed by atoms with E-state index >= 15 is 0 Å². The largest absolute Gasteiger partial charge is 0.493 e. The highest BCUT2D eigenvalue weighted by Crippen LogP contribution is 2.33. The van der Waals surface area contributed by atoms with E-state index < -0.39 is 0 Å². The number of benzene rings is 1. The summed E-state index contributed by atoms with van der Waals surface area (Å²) in [5, 5.41) is 0. The van der Waals surface area contributed by atoms with E-state index in [4.69, 9.17) is 4.74 Å². The van der Waals surface area contributed by atoms with E-state index in [1.54, 1.807) is 0 Å². The van der Waals surface area contributed by atoms with Crippen molar-refractivity contribution < 1.29 is 4.74 Å². The van der Waals surface area contributed by atoms with Crippen molar-refractivity contribution in [3.8, 4) is 5.75 Å². The van der Waals surface area contributed by atoms with Gasteiger partial charge >= 0.3 is 0 Å². The molecule has 1 atom stereocenters. The predicted molar refractivity (Wildman–Crippen MR) is 49.7 cm³/mol. The zero-order chi connectivity index (χ0) is 8.55. The molecule has 64 valence electrons. The van der Waals surface area contributed by atoms with Gasteiger partial charge in [0.2, 0.25) is 0 Å². The van der Waals surface area contributed by atoms with Crippen molar-refractivity contribution in [2.24, 2.45) is 0 Å². The molecule has 0 N–H and O–H groups in total. The van der Waals surface area contributed by atoms with Gasteiger partial charge < -0.3 is 4.74 Å². The Morgan fingerprint density at radius 2 is 2.25 bits per heavy atom. The zero-order valence-electron chi connectivity index (χ0n) is 7.63. The maximum absolute atomic E-state index is 5.55. The summed E-state index contributed by atoms with van der Waals surface area (Å²) in [6, 6.07) is 6.43. The first-order valence-electron chi connectivity index (χ1n) is 4.51. The number of aryl methyl sites for hydroxylation is 1. The minimum Gasteiger partial charge on any atom is -0.493 e. The molecule has 0 unspecified atom stereocenters.